The number of aromatic amines is 2. The Balaban J connectivity index is 1.76. The summed E-state index contributed by atoms with van der Waals surface area (Å²) in [7, 11) is 1.67. The molecule has 0 saturated carbocycles. The Morgan fingerprint density at radius 1 is 0.923 bits per heavy atom. The summed E-state index contributed by atoms with van der Waals surface area (Å²) in [6.45, 7) is 0. The standard InChI is InChI=1S/C22H18N2O2/c1-26-14-8-6-13(7-9-14)12-18-22-20(15-4-2-3-5-16(15)24-22)21-17(23-18)10-11-19(21)25/h2-11,23-25H,12H2,1H3. The van der Waals surface area contributed by atoms with Gasteiger partial charge in [-0.3, -0.25) is 0 Å². The number of rotatable bonds is 3. The molecule has 2 aliphatic rings. The molecule has 5 rings (SSSR count). The summed E-state index contributed by atoms with van der Waals surface area (Å²) >= 11 is 0. The SMILES string of the molecule is COc1ccc(Cc2[nH]c3ccc(O)c-3c3c2[nH]c2ccccc23)cc1. The highest BCUT2D eigenvalue weighted by Gasteiger charge is 2.20. The van der Waals surface area contributed by atoms with Gasteiger partial charge in [0.15, 0.2) is 0 Å². The van der Waals surface area contributed by atoms with Crippen molar-refractivity contribution < 1.29 is 9.84 Å². The molecule has 2 heterocycles. The van der Waals surface area contributed by atoms with Crippen molar-refractivity contribution in [2.45, 2.75) is 6.42 Å². The zero-order valence-electron chi connectivity index (χ0n) is 14.3. The van der Waals surface area contributed by atoms with Gasteiger partial charge in [-0.25, -0.2) is 0 Å². The van der Waals surface area contributed by atoms with Crippen molar-refractivity contribution in [1.29, 1.82) is 0 Å². The van der Waals surface area contributed by atoms with Gasteiger partial charge in [-0.1, -0.05) is 30.3 Å². The van der Waals surface area contributed by atoms with Crippen LogP contribution in [0.3, 0.4) is 0 Å². The first kappa shape index (κ1) is 14.9. The van der Waals surface area contributed by atoms with Crippen LogP contribution in [0.4, 0.5) is 0 Å². The van der Waals surface area contributed by atoms with E-state index < -0.39 is 0 Å². The maximum absolute atomic E-state index is 10.4. The van der Waals surface area contributed by atoms with Crippen molar-refractivity contribution in [2.24, 2.45) is 0 Å². The Hall–Kier alpha value is -3.40. The highest BCUT2D eigenvalue weighted by atomic mass is 16.5. The Morgan fingerprint density at radius 3 is 2.54 bits per heavy atom. The summed E-state index contributed by atoms with van der Waals surface area (Å²) in [5.74, 6) is 1.16. The predicted molar refractivity (Wildman–Crippen MR) is 104 cm³/mol. The first-order valence-electron chi connectivity index (χ1n) is 8.60. The van der Waals surface area contributed by atoms with Gasteiger partial charge in [0.25, 0.3) is 0 Å². The number of methoxy groups -OCH3 is 1. The maximum atomic E-state index is 10.4. The predicted octanol–water partition coefficient (Wildman–Crippen LogP) is 5.06. The van der Waals surface area contributed by atoms with Gasteiger partial charge in [-0.2, -0.15) is 0 Å². The number of para-hydroxylation sites is 1. The third-order valence-electron chi connectivity index (χ3n) is 5.02. The van der Waals surface area contributed by atoms with E-state index in [2.05, 4.69) is 34.2 Å². The van der Waals surface area contributed by atoms with Crippen LogP contribution in [0.15, 0.2) is 60.7 Å². The van der Waals surface area contributed by atoms with Gasteiger partial charge in [-0.05, 0) is 35.9 Å². The average Bonchev–Trinajstić information content (AvgIpc) is 3.23. The molecule has 3 N–H and O–H groups in total. The minimum absolute atomic E-state index is 0.307. The Morgan fingerprint density at radius 2 is 1.73 bits per heavy atom. The number of pyridine rings is 1. The van der Waals surface area contributed by atoms with E-state index in [1.54, 1.807) is 13.2 Å². The summed E-state index contributed by atoms with van der Waals surface area (Å²) in [6.07, 6.45) is 0.759. The molecule has 1 aliphatic carbocycles. The number of ether oxygens (including phenoxy) is 1. The molecule has 2 aromatic carbocycles. The highest BCUT2D eigenvalue weighted by molar-refractivity contribution is 6.16. The maximum Gasteiger partial charge on any atom is 0.125 e. The first-order valence-corrected chi connectivity index (χ1v) is 8.60. The largest absolute Gasteiger partial charge is 0.507 e. The number of hydrogen-bond donors (Lipinski definition) is 3. The molecule has 4 heteroatoms. The number of nitrogens with one attached hydrogen (secondary N) is 2. The molecule has 0 amide bonds. The molecule has 1 aromatic heterocycles. The molecule has 0 spiro atoms. The molecular formula is C22H18N2O2. The summed E-state index contributed by atoms with van der Waals surface area (Å²) in [5.41, 5.74) is 6.21. The van der Waals surface area contributed by atoms with Crippen LogP contribution in [0.5, 0.6) is 11.5 Å². The van der Waals surface area contributed by atoms with Crippen molar-refractivity contribution in [3.63, 3.8) is 0 Å². The minimum Gasteiger partial charge on any atom is -0.507 e. The van der Waals surface area contributed by atoms with E-state index in [1.165, 1.54) is 5.56 Å². The zero-order valence-corrected chi connectivity index (χ0v) is 14.3. The summed E-state index contributed by atoms with van der Waals surface area (Å²) in [4.78, 5) is 7.04. The summed E-state index contributed by atoms with van der Waals surface area (Å²) < 4.78 is 5.25. The molecule has 1 aliphatic heterocycles. The molecule has 26 heavy (non-hydrogen) atoms. The second-order valence-corrected chi connectivity index (χ2v) is 6.56. The first-order chi connectivity index (χ1) is 12.7. The fourth-order valence-corrected chi connectivity index (χ4v) is 3.77. The van der Waals surface area contributed by atoms with Crippen LogP contribution in [0, 0.1) is 0 Å². The highest BCUT2D eigenvalue weighted by Crippen LogP contribution is 2.42. The number of aromatic hydroxyl groups is 1. The Bertz CT molecular complexity index is 1200. The van der Waals surface area contributed by atoms with E-state index in [1.807, 2.05) is 30.3 Å². The third-order valence-corrected chi connectivity index (χ3v) is 5.02. The lowest BCUT2D eigenvalue weighted by Gasteiger charge is -2.11. The Labute approximate surface area is 150 Å². The minimum atomic E-state index is 0.307. The fraction of sp³-hybridized carbons (Fsp3) is 0.0909. The van der Waals surface area contributed by atoms with Crippen molar-refractivity contribution in [3.8, 4) is 22.8 Å². The van der Waals surface area contributed by atoms with Crippen molar-refractivity contribution in [3.05, 3.63) is 71.9 Å². The van der Waals surface area contributed by atoms with E-state index in [4.69, 9.17) is 4.74 Å². The average molecular weight is 342 g/mol. The Kier molecular flexibility index (Phi) is 3.19. The van der Waals surface area contributed by atoms with Gasteiger partial charge < -0.3 is 19.8 Å². The van der Waals surface area contributed by atoms with Crippen molar-refractivity contribution in [1.82, 2.24) is 9.97 Å². The van der Waals surface area contributed by atoms with E-state index in [9.17, 15) is 5.11 Å². The number of hydrogen-bond acceptors (Lipinski definition) is 2. The zero-order chi connectivity index (χ0) is 17.7. The molecule has 4 nitrogen and oxygen atoms in total. The number of aromatic nitrogens is 2. The van der Waals surface area contributed by atoms with Crippen LogP contribution >= 0.6 is 0 Å². The monoisotopic (exact) mass is 342 g/mol. The number of fused-ring (bicyclic) bond motifs is 5. The number of H-pyrrole nitrogens is 2. The lowest BCUT2D eigenvalue weighted by molar-refractivity contribution is 0.414. The van der Waals surface area contributed by atoms with E-state index >= 15 is 0 Å². The lowest BCUT2D eigenvalue weighted by atomic mass is 10.0. The van der Waals surface area contributed by atoms with Gasteiger partial charge in [-0.15, -0.1) is 0 Å². The normalized spacial score (nSPS) is 11.6. The van der Waals surface area contributed by atoms with Gasteiger partial charge in [0.2, 0.25) is 0 Å². The second-order valence-electron chi connectivity index (χ2n) is 6.56. The molecule has 0 unspecified atom stereocenters. The van der Waals surface area contributed by atoms with Crippen LogP contribution < -0.4 is 4.74 Å². The second kappa shape index (κ2) is 5.56. The van der Waals surface area contributed by atoms with Crippen molar-refractivity contribution >= 4 is 21.8 Å². The van der Waals surface area contributed by atoms with Gasteiger partial charge in [0, 0.05) is 34.0 Å². The molecule has 128 valence electrons. The molecule has 0 bridgehead atoms. The molecule has 0 radical (unpaired) electrons. The van der Waals surface area contributed by atoms with Gasteiger partial charge in [0.1, 0.15) is 11.5 Å². The molecule has 0 atom stereocenters. The third kappa shape index (κ3) is 2.15. The van der Waals surface area contributed by atoms with Crippen LogP contribution in [-0.4, -0.2) is 22.2 Å². The van der Waals surface area contributed by atoms with E-state index in [-0.39, 0.29) is 0 Å². The molecule has 3 aromatic rings. The van der Waals surface area contributed by atoms with Gasteiger partial charge in [0.05, 0.1) is 18.3 Å². The molecule has 0 saturated heterocycles. The van der Waals surface area contributed by atoms with E-state index in [0.717, 1.165) is 50.9 Å². The van der Waals surface area contributed by atoms with Crippen molar-refractivity contribution in [2.75, 3.05) is 7.11 Å². The number of benzene rings is 2. The summed E-state index contributed by atoms with van der Waals surface area (Å²) in [6, 6.07) is 20.0. The smallest absolute Gasteiger partial charge is 0.125 e. The lowest BCUT2D eigenvalue weighted by Crippen LogP contribution is -1.97. The van der Waals surface area contributed by atoms with Crippen LogP contribution in [0.2, 0.25) is 0 Å². The quantitative estimate of drug-likeness (QED) is 0.429. The summed E-state index contributed by atoms with van der Waals surface area (Å²) in [5, 5.41) is 12.6. The van der Waals surface area contributed by atoms with E-state index in [0.29, 0.717) is 5.75 Å². The molecular weight excluding hydrogens is 324 g/mol. The van der Waals surface area contributed by atoms with Gasteiger partial charge >= 0.3 is 0 Å². The molecule has 0 fully saturated rings. The topological polar surface area (TPSA) is 61.0 Å². The fourth-order valence-electron chi connectivity index (χ4n) is 3.77. The van der Waals surface area contributed by atoms with Crippen LogP contribution in [0.1, 0.15) is 11.3 Å². The van der Waals surface area contributed by atoms with Crippen LogP contribution in [-0.2, 0) is 6.42 Å². The van der Waals surface area contributed by atoms with Crippen LogP contribution in [0.25, 0.3) is 33.1 Å².